The summed E-state index contributed by atoms with van der Waals surface area (Å²) in [5.41, 5.74) is 6.93. The third-order valence-corrected chi connectivity index (χ3v) is 4.28. The molecular formula is C21H17N3O. The molecule has 0 radical (unpaired) electrons. The number of rotatable bonds is 4. The summed E-state index contributed by atoms with van der Waals surface area (Å²) in [6.45, 7) is 2.00. The molecule has 0 atom stereocenters. The molecule has 4 nitrogen and oxygen atoms in total. The van der Waals surface area contributed by atoms with Gasteiger partial charge >= 0.3 is 0 Å². The van der Waals surface area contributed by atoms with Gasteiger partial charge in [0.25, 0.3) is 0 Å². The van der Waals surface area contributed by atoms with Gasteiger partial charge in [0.1, 0.15) is 11.9 Å². The van der Waals surface area contributed by atoms with Crippen molar-refractivity contribution in [2.24, 2.45) is 0 Å². The molecule has 0 amide bonds. The van der Waals surface area contributed by atoms with E-state index in [1.807, 2.05) is 53.9 Å². The molecular weight excluding hydrogens is 310 g/mol. The van der Waals surface area contributed by atoms with E-state index in [4.69, 9.17) is 0 Å². The minimum atomic E-state index is 0.353. The van der Waals surface area contributed by atoms with E-state index >= 15 is 0 Å². The summed E-state index contributed by atoms with van der Waals surface area (Å²) in [5, 5.41) is 0. The van der Waals surface area contributed by atoms with Gasteiger partial charge in [-0.1, -0.05) is 30.3 Å². The molecule has 3 heterocycles. The number of aldehydes is 1. The number of hydrogen-bond acceptors (Lipinski definition) is 3. The number of pyridine rings is 2. The van der Waals surface area contributed by atoms with Crippen LogP contribution in [0.5, 0.6) is 0 Å². The van der Waals surface area contributed by atoms with Crippen molar-refractivity contribution >= 4 is 11.9 Å². The lowest BCUT2D eigenvalue weighted by Gasteiger charge is -2.11. The first-order valence-electron chi connectivity index (χ1n) is 8.19. The zero-order chi connectivity index (χ0) is 17.2. The number of carbonyl (C=O) groups excluding carboxylic acids is 1. The summed E-state index contributed by atoms with van der Waals surface area (Å²) in [4.78, 5) is 19.9. The molecule has 0 aliphatic carbocycles. The summed E-state index contributed by atoms with van der Waals surface area (Å²) < 4.78 is 1.98. The van der Waals surface area contributed by atoms with Crippen molar-refractivity contribution < 1.29 is 4.79 Å². The highest BCUT2D eigenvalue weighted by molar-refractivity contribution is 5.82. The summed E-state index contributed by atoms with van der Waals surface area (Å²) >= 11 is 0. The van der Waals surface area contributed by atoms with Crippen molar-refractivity contribution in [3.8, 4) is 22.4 Å². The Bertz CT molecular complexity index is 1070. The van der Waals surface area contributed by atoms with Crippen LogP contribution < -0.4 is 0 Å². The molecule has 0 saturated heterocycles. The number of benzene rings is 1. The largest absolute Gasteiger partial charge is 0.303 e. The fraction of sp³-hybridized carbons (Fsp3) is 0.0952. The Morgan fingerprint density at radius 1 is 1.00 bits per heavy atom. The highest BCUT2D eigenvalue weighted by Gasteiger charge is 2.10. The first kappa shape index (κ1) is 15.3. The quantitative estimate of drug-likeness (QED) is 0.530. The lowest BCUT2D eigenvalue weighted by Crippen LogP contribution is -1.95. The molecule has 0 saturated carbocycles. The number of aryl methyl sites for hydroxylation is 1. The number of imidazole rings is 1. The molecule has 122 valence electrons. The van der Waals surface area contributed by atoms with Crippen LogP contribution in [0, 0.1) is 6.92 Å². The Morgan fingerprint density at radius 2 is 1.84 bits per heavy atom. The van der Waals surface area contributed by atoms with Crippen LogP contribution in [-0.4, -0.2) is 20.7 Å². The maximum Gasteiger partial charge on any atom is 0.136 e. The predicted octanol–water partition coefficient (Wildman–Crippen LogP) is 4.11. The molecule has 4 aromatic rings. The summed E-state index contributed by atoms with van der Waals surface area (Å²) in [7, 11) is 0. The van der Waals surface area contributed by atoms with Crippen LogP contribution in [0.4, 0.5) is 0 Å². The molecule has 3 aromatic heterocycles. The van der Waals surface area contributed by atoms with E-state index in [0.717, 1.165) is 45.7 Å². The second kappa shape index (κ2) is 6.32. The second-order valence-corrected chi connectivity index (χ2v) is 5.98. The van der Waals surface area contributed by atoms with Gasteiger partial charge in [-0.15, -0.1) is 0 Å². The minimum absolute atomic E-state index is 0.353. The average Bonchev–Trinajstić information content (AvgIpc) is 3.04. The first-order valence-corrected chi connectivity index (χ1v) is 8.19. The van der Waals surface area contributed by atoms with Crippen molar-refractivity contribution in [3.63, 3.8) is 0 Å². The van der Waals surface area contributed by atoms with E-state index in [1.165, 1.54) is 0 Å². The maximum atomic E-state index is 10.9. The summed E-state index contributed by atoms with van der Waals surface area (Å²) in [6.07, 6.45) is 5.05. The lowest BCUT2D eigenvalue weighted by molar-refractivity contribution is -0.107. The van der Waals surface area contributed by atoms with Crippen LogP contribution in [0.15, 0.2) is 67.0 Å². The Balaban J connectivity index is 1.89. The topological polar surface area (TPSA) is 47.3 Å². The predicted molar refractivity (Wildman–Crippen MR) is 98.4 cm³/mol. The van der Waals surface area contributed by atoms with Crippen molar-refractivity contribution in [1.29, 1.82) is 0 Å². The Labute approximate surface area is 145 Å². The average molecular weight is 327 g/mol. The Kier molecular flexibility index (Phi) is 3.86. The van der Waals surface area contributed by atoms with Gasteiger partial charge in [-0.25, -0.2) is 4.98 Å². The second-order valence-electron chi connectivity index (χ2n) is 5.98. The molecule has 4 rings (SSSR count). The highest BCUT2D eigenvalue weighted by Crippen LogP contribution is 2.31. The van der Waals surface area contributed by atoms with Gasteiger partial charge in [0.05, 0.1) is 5.69 Å². The van der Waals surface area contributed by atoms with Crippen LogP contribution in [-0.2, 0) is 11.2 Å². The normalized spacial score (nSPS) is 10.9. The van der Waals surface area contributed by atoms with Crippen molar-refractivity contribution in [1.82, 2.24) is 14.4 Å². The Morgan fingerprint density at radius 3 is 2.64 bits per heavy atom. The lowest BCUT2D eigenvalue weighted by atomic mass is 9.98. The van der Waals surface area contributed by atoms with Gasteiger partial charge in [-0.05, 0) is 42.3 Å². The van der Waals surface area contributed by atoms with E-state index in [2.05, 4.69) is 28.2 Å². The van der Waals surface area contributed by atoms with Crippen LogP contribution in [0.25, 0.3) is 28.0 Å². The van der Waals surface area contributed by atoms with Crippen LogP contribution in [0.3, 0.4) is 0 Å². The number of hydrogen-bond donors (Lipinski definition) is 0. The molecule has 1 aromatic carbocycles. The SMILES string of the molecule is Cc1cccc(-c2ccccc2-c2ccc3ncc(CC=O)n3c2)n1. The third kappa shape index (κ3) is 2.83. The minimum Gasteiger partial charge on any atom is -0.303 e. The fourth-order valence-corrected chi connectivity index (χ4v) is 3.08. The van der Waals surface area contributed by atoms with E-state index in [-0.39, 0.29) is 0 Å². The molecule has 0 N–H and O–H groups in total. The number of aromatic nitrogens is 3. The maximum absolute atomic E-state index is 10.9. The zero-order valence-electron chi connectivity index (χ0n) is 13.9. The van der Waals surface area contributed by atoms with Gasteiger partial charge < -0.3 is 9.20 Å². The summed E-state index contributed by atoms with van der Waals surface area (Å²) in [5.74, 6) is 0. The number of fused-ring (bicyclic) bond motifs is 1. The van der Waals surface area contributed by atoms with Crippen molar-refractivity contribution in [2.75, 3.05) is 0 Å². The van der Waals surface area contributed by atoms with Gasteiger partial charge in [0, 0.05) is 35.8 Å². The molecule has 4 heteroatoms. The number of nitrogens with zero attached hydrogens (tertiary/aromatic N) is 3. The van der Waals surface area contributed by atoms with Crippen LogP contribution >= 0.6 is 0 Å². The van der Waals surface area contributed by atoms with E-state index in [0.29, 0.717) is 6.42 Å². The molecule has 25 heavy (non-hydrogen) atoms. The number of carbonyl (C=O) groups is 1. The molecule has 0 aliphatic heterocycles. The Hall–Kier alpha value is -3.27. The smallest absolute Gasteiger partial charge is 0.136 e. The van der Waals surface area contributed by atoms with Gasteiger partial charge in [-0.2, -0.15) is 0 Å². The fourth-order valence-electron chi connectivity index (χ4n) is 3.08. The van der Waals surface area contributed by atoms with Gasteiger partial charge in [-0.3, -0.25) is 4.98 Å². The molecule has 0 aliphatic rings. The van der Waals surface area contributed by atoms with Gasteiger partial charge in [0.2, 0.25) is 0 Å². The van der Waals surface area contributed by atoms with Crippen molar-refractivity contribution in [3.05, 3.63) is 78.4 Å². The third-order valence-electron chi connectivity index (χ3n) is 4.28. The molecule has 0 spiro atoms. The van der Waals surface area contributed by atoms with E-state index < -0.39 is 0 Å². The van der Waals surface area contributed by atoms with Crippen LogP contribution in [0.2, 0.25) is 0 Å². The molecule has 0 bridgehead atoms. The molecule has 0 fully saturated rings. The van der Waals surface area contributed by atoms with Crippen LogP contribution in [0.1, 0.15) is 11.4 Å². The van der Waals surface area contributed by atoms with Gasteiger partial charge in [0.15, 0.2) is 0 Å². The zero-order valence-corrected chi connectivity index (χ0v) is 13.9. The summed E-state index contributed by atoms with van der Waals surface area (Å²) in [6, 6.07) is 18.3. The van der Waals surface area contributed by atoms with E-state index in [1.54, 1.807) is 6.20 Å². The monoisotopic (exact) mass is 327 g/mol. The van der Waals surface area contributed by atoms with E-state index in [9.17, 15) is 4.79 Å². The highest BCUT2D eigenvalue weighted by atomic mass is 16.1. The standard InChI is InChI=1S/C21H17N3O/c1-15-5-4-8-20(23-15)19-7-3-2-6-18(19)16-9-10-21-22-13-17(11-12-25)24(21)14-16/h2-10,12-14H,11H2,1H3. The first-order chi connectivity index (χ1) is 12.3. The molecule has 0 unspecified atom stereocenters. The van der Waals surface area contributed by atoms with Crippen molar-refractivity contribution in [2.45, 2.75) is 13.3 Å².